The van der Waals surface area contributed by atoms with Gasteiger partial charge in [-0.2, -0.15) is 0 Å². The number of aliphatic hydroxyl groups excluding tert-OH is 2. The standard InChI is InChI=1S/C16H26O2S/c1-2-3-4-5-9-12-15(17)16(18)13-19-14-10-7-6-8-11-14/h6-8,10-11,15-18H,2-5,9,12-13H2,1H3/t15-,16+/m1/s1. The Morgan fingerprint density at radius 3 is 2.32 bits per heavy atom. The number of thioether (sulfide) groups is 1. The SMILES string of the molecule is CCCCCCC[C@@H](O)[C@@H](O)CSc1ccccc1. The van der Waals surface area contributed by atoms with Crippen molar-refractivity contribution < 1.29 is 10.2 Å². The predicted molar refractivity (Wildman–Crippen MR) is 82.6 cm³/mol. The number of hydrogen-bond donors (Lipinski definition) is 2. The molecule has 19 heavy (non-hydrogen) atoms. The Balaban J connectivity index is 2.12. The molecule has 0 amide bonds. The van der Waals surface area contributed by atoms with E-state index in [0.29, 0.717) is 12.2 Å². The molecule has 0 heterocycles. The van der Waals surface area contributed by atoms with Crippen LogP contribution in [0.25, 0.3) is 0 Å². The van der Waals surface area contributed by atoms with Crippen molar-refractivity contribution in [2.45, 2.75) is 62.6 Å². The van der Waals surface area contributed by atoms with E-state index in [1.54, 1.807) is 11.8 Å². The molecule has 0 aliphatic heterocycles. The summed E-state index contributed by atoms with van der Waals surface area (Å²) in [7, 11) is 0. The number of unbranched alkanes of at least 4 members (excludes halogenated alkanes) is 4. The van der Waals surface area contributed by atoms with E-state index in [0.717, 1.165) is 17.7 Å². The first-order valence-corrected chi connectivity index (χ1v) is 8.26. The van der Waals surface area contributed by atoms with Crippen molar-refractivity contribution in [2.75, 3.05) is 5.75 Å². The summed E-state index contributed by atoms with van der Waals surface area (Å²) in [5.41, 5.74) is 0. The number of aliphatic hydroxyl groups is 2. The summed E-state index contributed by atoms with van der Waals surface area (Å²) in [6, 6.07) is 9.99. The molecule has 0 bridgehead atoms. The normalized spacial score (nSPS) is 14.3. The van der Waals surface area contributed by atoms with Crippen molar-refractivity contribution >= 4 is 11.8 Å². The van der Waals surface area contributed by atoms with Gasteiger partial charge in [0.25, 0.3) is 0 Å². The molecule has 108 valence electrons. The Hall–Kier alpha value is -0.510. The van der Waals surface area contributed by atoms with E-state index in [1.165, 1.54) is 19.3 Å². The minimum absolute atomic E-state index is 0.556. The van der Waals surface area contributed by atoms with Crippen LogP contribution in [-0.4, -0.2) is 28.2 Å². The highest BCUT2D eigenvalue weighted by Gasteiger charge is 2.15. The molecule has 1 aromatic rings. The number of hydrogen-bond acceptors (Lipinski definition) is 3. The number of rotatable bonds is 10. The maximum absolute atomic E-state index is 9.91. The van der Waals surface area contributed by atoms with Gasteiger partial charge >= 0.3 is 0 Å². The van der Waals surface area contributed by atoms with E-state index >= 15 is 0 Å². The van der Waals surface area contributed by atoms with E-state index in [4.69, 9.17) is 0 Å². The first kappa shape index (κ1) is 16.5. The van der Waals surface area contributed by atoms with Crippen molar-refractivity contribution in [2.24, 2.45) is 0 Å². The van der Waals surface area contributed by atoms with Crippen LogP contribution in [0.4, 0.5) is 0 Å². The van der Waals surface area contributed by atoms with Crippen LogP contribution in [0.2, 0.25) is 0 Å². The third-order valence-electron chi connectivity index (χ3n) is 3.21. The zero-order valence-electron chi connectivity index (χ0n) is 11.8. The fourth-order valence-electron chi connectivity index (χ4n) is 1.96. The van der Waals surface area contributed by atoms with E-state index in [9.17, 15) is 10.2 Å². The molecule has 0 aliphatic carbocycles. The first-order chi connectivity index (χ1) is 9.24. The third kappa shape index (κ3) is 7.61. The minimum atomic E-state index is -0.628. The van der Waals surface area contributed by atoms with Crippen LogP contribution < -0.4 is 0 Å². The lowest BCUT2D eigenvalue weighted by Crippen LogP contribution is -2.28. The van der Waals surface area contributed by atoms with Gasteiger partial charge < -0.3 is 10.2 Å². The molecule has 1 rings (SSSR count). The maximum atomic E-state index is 9.91. The van der Waals surface area contributed by atoms with Crippen LogP contribution in [0, 0.1) is 0 Å². The Kier molecular flexibility index (Phi) is 8.97. The van der Waals surface area contributed by atoms with Gasteiger partial charge in [-0.05, 0) is 18.6 Å². The Morgan fingerprint density at radius 1 is 0.947 bits per heavy atom. The summed E-state index contributed by atoms with van der Waals surface area (Å²) < 4.78 is 0. The molecule has 0 saturated carbocycles. The van der Waals surface area contributed by atoms with Gasteiger partial charge in [0.1, 0.15) is 0 Å². The summed E-state index contributed by atoms with van der Waals surface area (Å²) >= 11 is 1.59. The molecule has 2 nitrogen and oxygen atoms in total. The van der Waals surface area contributed by atoms with Gasteiger partial charge in [-0.1, -0.05) is 57.2 Å². The van der Waals surface area contributed by atoms with Gasteiger partial charge in [-0.15, -0.1) is 11.8 Å². The summed E-state index contributed by atoms with van der Waals surface area (Å²) in [4.78, 5) is 1.14. The van der Waals surface area contributed by atoms with E-state index in [-0.39, 0.29) is 0 Å². The van der Waals surface area contributed by atoms with Gasteiger partial charge in [-0.3, -0.25) is 0 Å². The van der Waals surface area contributed by atoms with Crippen LogP contribution in [-0.2, 0) is 0 Å². The maximum Gasteiger partial charge on any atom is 0.0892 e. The molecule has 0 saturated heterocycles. The first-order valence-electron chi connectivity index (χ1n) is 7.28. The zero-order valence-corrected chi connectivity index (χ0v) is 12.6. The number of benzene rings is 1. The Labute approximate surface area is 121 Å². The van der Waals surface area contributed by atoms with Crippen molar-refractivity contribution in [1.82, 2.24) is 0 Å². The lowest BCUT2D eigenvalue weighted by molar-refractivity contribution is 0.0275. The van der Waals surface area contributed by atoms with Crippen LogP contribution in [0.1, 0.15) is 45.4 Å². The second-order valence-electron chi connectivity index (χ2n) is 4.96. The van der Waals surface area contributed by atoms with E-state index in [2.05, 4.69) is 6.92 Å². The largest absolute Gasteiger partial charge is 0.390 e. The van der Waals surface area contributed by atoms with Crippen molar-refractivity contribution in [3.8, 4) is 0 Å². The van der Waals surface area contributed by atoms with Crippen molar-refractivity contribution in [1.29, 1.82) is 0 Å². The summed E-state index contributed by atoms with van der Waals surface area (Å²) in [5, 5.41) is 19.8. The Morgan fingerprint density at radius 2 is 1.63 bits per heavy atom. The summed E-state index contributed by atoms with van der Waals surface area (Å²) in [6.07, 6.45) is 5.39. The van der Waals surface area contributed by atoms with Gasteiger partial charge in [0.2, 0.25) is 0 Å². The highest BCUT2D eigenvalue weighted by Crippen LogP contribution is 2.20. The van der Waals surface area contributed by atoms with Crippen molar-refractivity contribution in [3.05, 3.63) is 30.3 Å². The zero-order chi connectivity index (χ0) is 13.9. The van der Waals surface area contributed by atoms with Crippen LogP contribution in [0.5, 0.6) is 0 Å². The van der Waals surface area contributed by atoms with Gasteiger partial charge in [0.15, 0.2) is 0 Å². The third-order valence-corrected chi connectivity index (χ3v) is 4.33. The average Bonchev–Trinajstić information content (AvgIpc) is 2.45. The molecule has 0 unspecified atom stereocenters. The molecule has 0 aromatic heterocycles. The fraction of sp³-hybridized carbons (Fsp3) is 0.625. The van der Waals surface area contributed by atoms with E-state index in [1.807, 2.05) is 30.3 Å². The molecule has 0 aliphatic rings. The molecule has 0 spiro atoms. The highest BCUT2D eigenvalue weighted by molar-refractivity contribution is 7.99. The van der Waals surface area contributed by atoms with Gasteiger partial charge in [0, 0.05) is 10.6 Å². The smallest absolute Gasteiger partial charge is 0.0892 e. The summed E-state index contributed by atoms with van der Waals surface area (Å²) in [6.45, 7) is 2.19. The second-order valence-corrected chi connectivity index (χ2v) is 6.06. The molecule has 2 N–H and O–H groups in total. The Bertz CT molecular complexity index is 316. The average molecular weight is 282 g/mol. The molecule has 1 aromatic carbocycles. The molecule has 0 radical (unpaired) electrons. The fourth-order valence-corrected chi connectivity index (χ4v) is 2.89. The molecule has 0 fully saturated rings. The predicted octanol–water partition coefficient (Wildman–Crippen LogP) is 3.86. The summed E-state index contributed by atoms with van der Waals surface area (Å²) in [5.74, 6) is 0.556. The second kappa shape index (κ2) is 10.3. The monoisotopic (exact) mass is 282 g/mol. The lowest BCUT2D eigenvalue weighted by Gasteiger charge is -2.17. The lowest BCUT2D eigenvalue weighted by atomic mass is 10.1. The van der Waals surface area contributed by atoms with Gasteiger partial charge in [-0.25, -0.2) is 0 Å². The van der Waals surface area contributed by atoms with Crippen molar-refractivity contribution in [3.63, 3.8) is 0 Å². The van der Waals surface area contributed by atoms with E-state index < -0.39 is 12.2 Å². The molecule has 2 atom stereocenters. The molecular formula is C16H26O2S. The molecule has 3 heteroatoms. The van der Waals surface area contributed by atoms with Crippen LogP contribution >= 0.6 is 11.8 Å². The topological polar surface area (TPSA) is 40.5 Å². The quantitative estimate of drug-likeness (QED) is 0.506. The molecular weight excluding hydrogens is 256 g/mol. The van der Waals surface area contributed by atoms with Crippen LogP contribution in [0.15, 0.2) is 35.2 Å². The van der Waals surface area contributed by atoms with Crippen LogP contribution in [0.3, 0.4) is 0 Å². The highest BCUT2D eigenvalue weighted by atomic mass is 32.2. The van der Waals surface area contributed by atoms with Gasteiger partial charge in [0.05, 0.1) is 12.2 Å². The minimum Gasteiger partial charge on any atom is -0.390 e.